The lowest BCUT2D eigenvalue weighted by Crippen LogP contribution is -2.41. The minimum atomic E-state index is -0.530. The molecule has 3 aromatic rings. The molecule has 0 N–H and O–H groups in total. The van der Waals surface area contributed by atoms with Gasteiger partial charge in [-0.25, -0.2) is 4.79 Å². The molecule has 0 saturated heterocycles. The van der Waals surface area contributed by atoms with Gasteiger partial charge in [0.25, 0.3) is 5.56 Å². The largest absolute Gasteiger partial charge is 0.332 e. The van der Waals surface area contributed by atoms with Crippen molar-refractivity contribution in [3.05, 3.63) is 51.2 Å². The van der Waals surface area contributed by atoms with Gasteiger partial charge in [-0.3, -0.25) is 18.7 Å². The fraction of sp³-hybridized carbons (Fsp3) is 0.368. The lowest BCUT2D eigenvalue weighted by atomic mass is 10.1. The van der Waals surface area contributed by atoms with E-state index in [-0.39, 0.29) is 18.2 Å². The molecule has 0 radical (unpaired) electrons. The first-order valence-corrected chi connectivity index (χ1v) is 8.90. The molecule has 1 atom stereocenters. The van der Waals surface area contributed by atoms with Gasteiger partial charge in [0.05, 0.1) is 6.54 Å². The number of Topliss-reactive ketones (excluding diaryl/α,β-unsaturated/α-hetero) is 1. The maximum atomic E-state index is 13.0. The second kappa shape index (κ2) is 6.22. The third-order valence-corrected chi connectivity index (χ3v) is 4.89. The molecular weight excluding hydrogens is 346 g/mol. The van der Waals surface area contributed by atoms with Crippen LogP contribution in [0.2, 0.25) is 0 Å². The van der Waals surface area contributed by atoms with Crippen molar-refractivity contribution in [1.29, 1.82) is 0 Å². The maximum Gasteiger partial charge on any atom is 0.332 e. The zero-order valence-electron chi connectivity index (χ0n) is 15.5. The van der Waals surface area contributed by atoms with Crippen molar-refractivity contribution in [2.45, 2.75) is 26.9 Å². The highest BCUT2D eigenvalue weighted by molar-refractivity contribution is 5.78. The van der Waals surface area contributed by atoms with Crippen LogP contribution in [0.3, 0.4) is 0 Å². The first-order valence-electron chi connectivity index (χ1n) is 8.90. The summed E-state index contributed by atoms with van der Waals surface area (Å²) >= 11 is 0. The van der Waals surface area contributed by atoms with Crippen molar-refractivity contribution in [2.75, 3.05) is 11.4 Å². The number of aryl methyl sites for hydroxylation is 1. The number of nitrogens with zero attached hydrogens (tertiary/aromatic N) is 5. The van der Waals surface area contributed by atoms with E-state index in [0.717, 1.165) is 16.8 Å². The molecule has 4 rings (SSSR count). The van der Waals surface area contributed by atoms with Gasteiger partial charge in [0.1, 0.15) is 5.78 Å². The van der Waals surface area contributed by atoms with Crippen LogP contribution in [0, 0.1) is 5.92 Å². The molecule has 0 bridgehead atoms. The minimum Gasteiger partial charge on any atom is -0.312 e. The van der Waals surface area contributed by atoms with Crippen molar-refractivity contribution >= 4 is 28.6 Å². The average Bonchev–Trinajstić information content (AvgIpc) is 3.03. The zero-order valence-corrected chi connectivity index (χ0v) is 15.5. The summed E-state index contributed by atoms with van der Waals surface area (Å²) in [4.78, 5) is 43.9. The summed E-state index contributed by atoms with van der Waals surface area (Å²) in [6.45, 7) is 4.63. The van der Waals surface area contributed by atoms with Crippen molar-refractivity contribution in [1.82, 2.24) is 18.7 Å². The molecule has 0 saturated carbocycles. The number of para-hydroxylation sites is 1. The van der Waals surface area contributed by atoms with Gasteiger partial charge >= 0.3 is 5.69 Å². The van der Waals surface area contributed by atoms with E-state index in [0.29, 0.717) is 23.7 Å². The molecule has 140 valence electrons. The van der Waals surface area contributed by atoms with Crippen LogP contribution in [0.1, 0.15) is 13.8 Å². The molecule has 0 spiro atoms. The zero-order chi connectivity index (χ0) is 19.3. The predicted octanol–water partition coefficient (Wildman–Crippen LogP) is 1.27. The highest BCUT2D eigenvalue weighted by Crippen LogP contribution is 2.32. The third kappa shape index (κ3) is 2.68. The number of carbonyl (C=O) groups is 1. The Kier molecular flexibility index (Phi) is 3.98. The third-order valence-electron chi connectivity index (χ3n) is 4.89. The lowest BCUT2D eigenvalue weighted by molar-refractivity contribution is -0.117. The van der Waals surface area contributed by atoms with E-state index in [9.17, 15) is 14.4 Å². The van der Waals surface area contributed by atoms with E-state index >= 15 is 0 Å². The van der Waals surface area contributed by atoms with Crippen LogP contribution in [0.4, 0.5) is 11.6 Å². The molecule has 27 heavy (non-hydrogen) atoms. The highest BCUT2D eigenvalue weighted by atomic mass is 16.2. The van der Waals surface area contributed by atoms with Crippen LogP contribution >= 0.6 is 0 Å². The van der Waals surface area contributed by atoms with E-state index < -0.39 is 11.2 Å². The topological polar surface area (TPSA) is 82.1 Å². The van der Waals surface area contributed by atoms with Gasteiger partial charge in [-0.1, -0.05) is 25.1 Å². The Morgan fingerprint density at radius 2 is 1.89 bits per heavy atom. The van der Waals surface area contributed by atoms with Gasteiger partial charge in [-0.15, -0.1) is 0 Å². The van der Waals surface area contributed by atoms with Gasteiger partial charge in [0.15, 0.2) is 11.2 Å². The van der Waals surface area contributed by atoms with Crippen LogP contribution in [-0.2, 0) is 24.9 Å². The predicted molar refractivity (Wildman–Crippen MR) is 103 cm³/mol. The summed E-state index contributed by atoms with van der Waals surface area (Å²) in [5.74, 6) is 0.682. The standard InChI is InChI=1S/C19H21N5O3/c1-12-9-22(14-7-5-4-6-8-14)18-20-16-15(23(18)10-12)17(26)24(11-13(2)25)19(27)21(16)3/h4-8,12H,9-11H2,1-3H3/t12-/m1/s1. The number of imidazole rings is 1. The molecule has 8 nitrogen and oxygen atoms in total. The molecule has 2 aromatic heterocycles. The molecule has 0 fully saturated rings. The van der Waals surface area contributed by atoms with Gasteiger partial charge in [0, 0.05) is 25.8 Å². The quantitative estimate of drug-likeness (QED) is 0.696. The van der Waals surface area contributed by atoms with E-state index in [1.807, 2.05) is 34.9 Å². The number of hydrogen-bond acceptors (Lipinski definition) is 5. The Morgan fingerprint density at radius 1 is 1.19 bits per heavy atom. The van der Waals surface area contributed by atoms with Gasteiger partial charge in [0.2, 0.25) is 5.95 Å². The van der Waals surface area contributed by atoms with Crippen LogP contribution < -0.4 is 16.1 Å². The number of ketones is 1. The second-order valence-corrected chi connectivity index (χ2v) is 7.18. The molecule has 0 amide bonds. The Morgan fingerprint density at radius 3 is 2.56 bits per heavy atom. The average molecular weight is 367 g/mol. The number of fused-ring (bicyclic) bond motifs is 3. The van der Waals surface area contributed by atoms with E-state index in [1.165, 1.54) is 11.5 Å². The summed E-state index contributed by atoms with van der Waals surface area (Å²) in [5, 5.41) is 0. The number of benzene rings is 1. The number of carbonyl (C=O) groups excluding carboxylic acids is 1. The van der Waals surface area contributed by atoms with Crippen molar-refractivity contribution < 1.29 is 4.79 Å². The smallest absolute Gasteiger partial charge is 0.312 e. The Bertz CT molecular complexity index is 1160. The number of aromatic nitrogens is 4. The Labute approximate surface area is 155 Å². The van der Waals surface area contributed by atoms with E-state index in [2.05, 4.69) is 16.8 Å². The number of anilines is 2. The summed E-state index contributed by atoms with van der Waals surface area (Å²) in [5.41, 5.74) is 0.687. The fourth-order valence-electron chi connectivity index (χ4n) is 3.69. The molecule has 0 aliphatic carbocycles. The van der Waals surface area contributed by atoms with Crippen molar-refractivity contribution in [3.8, 4) is 0 Å². The van der Waals surface area contributed by atoms with Gasteiger partial charge in [-0.2, -0.15) is 4.98 Å². The van der Waals surface area contributed by atoms with Crippen LogP contribution in [-0.4, -0.2) is 31.0 Å². The van der Waals surface area contributed by atoms with E-state index in [4.69, 9.17) is 0 Å². The maximum absolute atomic E-state index is 13.0. The molecule has 1 aromatic carbocycles. The van der Waals surface area contributed by atoms with Crippen LogP contribution in [0.25, 0.3) is 11.2 Å². The summed E-state index contributed by atoms with van der Waals surface area (Å²) in [6, 6.07) is 9.85. The monoisotopic (exact) mass is 367 g/mol. The minimum absolute atomic E-state index is 0.236. The molecular formula is C19H21N5O3. The summed E-state index contributed by atoms with van der Waals surface area (Å²) in [7, 11) is 1.58. The van der Waals surface area contributed by atoms with Crippen LogP contribution in [0.5, 0.6) is 0 Å². The molecule has 8 heteroatoms. The molecule has 0 unspecified atom stereocenters. The second-order valence-electron chi connectivity index (χ2n) is 7.18. The normalized spacial score (nSPS) is 16.6. The molecule has 3 heterocycles. The van der Waals surface area contributed by atoms with Crippen molar-refractivity contribution in [2.24, 2.45) is 13.0 Å². The first-order chi connectivity index (χ1) is 12.9. The highest BCUT2D eigenvalue weighted by Gasteiger charge is 2.29. The lowest BCUT2D eigenvalue weighted by Gasteiger charge is -2.32. The SMILES string of the molecule is CC(=O)Cn1c(=O)c2c(nc3n2C[C@H](C)CN3c2ccccc2)n(C)c1=O. The van der Waals surface area contributed by atoms with Gasteiger partial charge < -0.3 is 9.47 Å². The van der Waals surface area contributed by atoms with E-state index in [1.54, 1.807) is 7.05 Å². The van der Waals surface area contributed by atoms with Gasteiger partial charge in [-0.05, 0) is 25.0 Å². The van der Waals surface area contributed by atoms with Crippen LogP contribution in [0.15, 0.2) is 39.9 Å². The summed E-state index contributed by atoms with van der Waals surface area (Å²) in [6.07, 6.45) is 0. The fourth-order valence-corrected chi connectivity index (χ4v) is 3.69. The number of hydrogen-bond donors (Lipinski definition) is 0. The molecule has 1 aliphatic heterocycles. The Hall–Kier alpha value is -3.16. The first kappa shape index (κ1) is 17.3. The number of rotatable bonds is 3. The van der Waals surface area contributed by atoms with Crippen molar-refractivity contribution in [3.63, 3.8) is 0 Å². The molecule has 1 aliphatic rings. The summed E-state index contributed by atoms with van der Waals surface area (Å²) < 4.78 is 4.21. The Balaban J connectivity index is 2.03.